The zero-order valence-corrected chi connectivity index (χ0v) is 19.1. The first-order valence-electron chi connectivity index (χ1n) is 11.8. The Balaban J connectivity index is 1.39. The number of fused-ring (bicyclic) bond motifs is 5. The van der Waals surface area contributed by atoms with Crippen molar-refractivity contribution in [2.75, 3.05) is 0 Å². The van der Waals surface area contributed by atoms with Crippen LogP contribution in [0.3, 0.4) is 0 Å². The molecule has 4 heteroatoms. The highest BCUT2D eigenvalue weighted by atomic mass is 16.2. The van der Waals surface area contributed by atoms with Gasteiger partial charge in [0.2, 0.25) is 11.8 Å². The highest BCUT2D eigenvalue weighted by Gasteiger charge is 2.35. The Morgan fingerprint density at radius 2 is 1.20 bits per heavy atom. The van der Waals surface area contributed by atoms with Crippen molar-refractivity contribution in [2.24, 2.45) is 5.73 Å². The monoisotopic (exact) mass is 456 g/mol. The number of nitrogens with two attached hydrogens (primary N) is 1. The molecule has 0 radical (unpaired) electrons. The van der Waals surface area contributed by atoms with Crippen molar-refractivity contribution >= 4 is 33.4 Å². The summed E-state index contributed by atoms with van der Waals surface area (Å²) in [4.78, 5) is 26.3. The normalized spacial score (nSPS) is 13.4. The predicted octanol–water partition coefficient (Wildman–Crippen LogP) is 5.32. The van der Waals surface area contributed by atoms with Gasteiger partial charge in [0.15, 0.2) is 0 Å². The van der Waals surface area contributed by atoms with Gasteiger partial charge in [-0.15, -0.1) is 0 Å². The smallest absolute Gasteiger partial charge is 0.240 e. The van der Waals surface area contributed by atoms with E-state index in [-0.39, 0.29) is 5.91 Å². The molecule has 1 aliphatic carbocycles. The molecule has 0 fully saturated rings. The van der Waals surface area contributed by atoms with E-state index in [1.807, 2.05) is 72.8 Å². The Kier molecular flexibility index (Phi) is 5.07. The fourth-order valence-corrected chi connectivity index (χ4v) is 5.45. The molecule has 0 saturated carbocycles. The highest BCUT2D eigenvalue weighted by molar-refractivity contribution is 6.03. The minimum Gasteiger partial charge on any atom is -0.368 e. The molecule has 0 heterocycles. The summed E-state index contributed by atoms with van der Waals surface area (Å²) >= 11 is 0. The number of amides is 2. The van der Waals surface area contributed by atoms with E-state index >= 15 is 0 Å². The van der Waals surface area contributed by atoms with Crippen molar-refractivity contribution in [3.63, 3.8) is 0 Å². The number of benzene rings is 5. The molecule has 0 spiro atoms. The van der Waals surface area contributed by atoms with Crippen LogP contribution < -0.4 is 11.1 Å². The quantitative estimate of drug-likeness (QED) is 0.352. The lowest BCUT2D eigenvalue weighted by molar-refractivity contribution is -0.127. The number of carbonyl (C=O) groups excluding carboxylic acids is 2. The van der Waals surface area contributed by atoms with Gasteiger partial charge in [0.25, 0.3) is 0 Å². The molecule has 35 heavy (non-hydrogen) atoms. The van der Waals surface area contributed by atoms with Crippen LogP contribution in [0.15, 0.2) is 103 Å². The standard InChI is InChI=1S/C31H24N2O2/c32-30(34)28(18-27-21-11-3-1-9-19(21)17-20-10-2-4-12-22(20)27)33-31(35)29-25-15-7-5-13-23(25)24-14-6-8-16-26(24)29/h1-17,28-29H,18H2,(H2,32,34)(H,33,35)/t28-/m1/s1. The van der Waals surface area contributed by atoms with Crippen LogP contribution in [0, 0.1) is 0 Å². The topological polar surface area (TPSA) is 72.2 Å². The third-order valence-electron chi connectivity index (χ3n) is 7.05. The van der Waals surface area contributed by atoms with Crippen molar-refractivity contribution in [2.45, 2.75) is 18.4 Å². The summed E-state index contributed by atoms with van der Waals surface area (Å²) in [5.41, 5.74) is 10.9. The zero-order chi connectivity index (χ0) is 23.9. The third-order valence-corrected chi connectivity index (χ3v) is 7.05. The number of hydrogen-bond acceptors (Lipinski definition) is 2. The van der Waals surface area contributed by atoms with Crippen molar-refractivity contribution in [1.82, 2.24) is 5.32 Å². The van der Waals surface area contributed by atoms with Gasteiger partial charge in [-0.1, -0.05) is 97.1 Å². The summed E-state index contributed by atoms with van der Waals surface area (Å²) < 4.78 is 0. The van der Waals surface area contributed by atoms with E-state index in [2.05, 4.69) is 35.6 Å². The van der Waals surface area contributed by atoms with Crippen LogP contribution in [0.4, 0.5) is 0 Å². The van der Waals surface area contributed by atoms with E-state index < -0.39 is 17.9 Å². The maximum absolute atomic E-state index is 13.7. The molecular formula is C31H24N2O2. The number of primary amides is 1. The van der Waals surface area contributed by atoms with E-state index in [4.69, 9.17) is 5.73 Å². The van der Waals surface area contributed by atoms with E-state index in [0.29, 0.717) is 6.42 Å². The van der Waals surface area contributed by atoms with Gasteiger partial charge in [0, 0.05) is 6.42 Å². The second kappa shape index (κ2) is 8.41. The van der Waals surface area contributed by atoms with Crippen LogP contribution in [-0.4, -0.2) is 17.9 Å². The first kappa shape index (κ1) is 21.1. The van der Waals surface area contributed by atoms with Crippen molar-refractivity contribution < 1.29 is 9.59 Å². The van der Waals surface area contributed by atoms with Crippen LogP contribution in [0.5, 0.6) is 0 Å². The molecule has 6 rings (SSSR count). The van der Waals surface area contributed by atoms with Crippen LogP contribution >= 0.6 is 0 Å². The van der Waals surface area contributed by atoms with E-state index in [0.717, 1.165) is 49.4 Å². The summed E-state index contributed by atoms with van der Waals surface area (Å²) in [5, 5.41) is 7.31. The van der Waals surface area contributed by atoms with Gasteiger partial charge < -0.3 is 11.1 Å². The van der Waals surface area contributed by atoms with Gasteiger partial charge in [-0.05, 0) is 55.4 Å². The summed E-state index contributed by atoms with van der Waals surface area (Å²) in [7, 11) is 0. The van der Waals surface area contributed by atoms with Gasteiger partial charge in [-0.3, -0.25) is 9.59 Å². The predicted molar refractivity (Wildman–Crippen MR) is 140 cm³/mol. The van der Waals surface area contributed by atoms with Gasteiger partial charge in [0.05, 0.1) is 5.92 Å². The molecule has 170 valence electrons. The Morgan fingerprint density at radius 3 is 1.74 bits per heavy atom. The number of carbonyl (C=O) groups is 2. The summed E-state index contributed by atoms with van der Waals surface area (Å²) in [6.07, 6.45) is 0.318. The molecule has 1 atom stereocenters. The fraction of sp³-hybridized carbons (Fsp3) is 0.0968. The second-order valence-electron chi connectivity index (χ2n) is 9.07. The molecule has 0 saturated heterocycles. The van der Waals surface area contributed by atoms with Gasteiger partial charge in [-0.25, -0.2) is 0 Å². The molecule has 5 aromatic rings. The lowest BCUT2D eigenvalue weighted by Gasteiger charge is -2.21. The maximum atomic E-state index is 13.7. The molecule has 2 amide bonds. The molecule has 1 aliphatic rings. The second-order valence-corrected chi connectivity index (χ2v) is 9.07. The highest BCUT2D eigenvalue weighted by Crippen LogP contribution is 2.44. The summed E-state index contributed by atoms with van der Waals surface area (Å²) in [5.74, 6) is -1.24. The van der Waals surface area contributed by atoms with Crippen LogP contribution in [0.25, 0.3) is 32.7 Å². The fourth-order valence-electron chi connectivity index (χ4n) is 5.45. The van der Waals surface area contributed by atoms with Gasteiger partial charge in [0.1, 0.15) is 6.04 Å². The minimum atomic E-state index is -0.836. The number of nitrogens with one attached hydrogen (secondary N) is 1. The average Bonchev–Trinajstić information content (AvgIpc) is 3.22. The first-order valence-corrected chi connectivity index (χ1v) is 11.8. The SMILES string of the molecule is NC(=O)[C@@H](Cc1c2ccccc2cc2ccccc12)NC(=O)C1c2ccccc2-c2ccccc21. The zero-order valence-electron chi connectivity index (χ0n) is 19.1. The molecule has 0 bridgehead atoms. The number of hydrogen-bond donors (Lipinski definition) is 2. The van der Waals surface area contributed by atoms with Crippen LogP contribution in [0.2, 0.25) is 0 Å². The van der Waals surface area contributed by atoms with Crippen LogP contribution in [0.1, 0.15) is 22.6 Å². The van der Waals surface area contributed by atoms with E-state index in [9.17, 15) is 9.59 Å². The summed E-state index contributed by atoms with van der Waals surface area (Å²) in [6.45, 7) is 0. The molecule has 0 unspecified atom stereocenters. The Labute approximate surface area is 203 Å². The molecule has 5 aromatic carbocycles. The largest absolute Gasteiger partial charge is 0.368 e. The maximum Gasteiger partial charge on any atom is 0.240 e. The van der Waals surface area contributed by atoms with Crippen LogP contribution in [-0.2, 0) is 16.0 Å². The molecule has 0 aromatic heterocycles. The Hall–Kier alpha value is -4.44. The number of rotatable bonds is 5. The molecule has 4 nitrogen and oxygen atoms in total. The van der Waals surface area contributed by atoms with Crippen molar-refractivity contribution in [3.8, 4) is 11.1 Å². The van der Waals surface area contributed by atoms with Crippen molar-refractivity contribution in [1.29, 1.82) is 0 Å². The Morgan fingerprint density at radius 1 is 0.714 bits per heavy atom. The average molecular weight is 457 g/mol. The lowest BCUT2D eigenvalue weighted by atomic mass is 9.91. The van der Waals surface area contributed by atoms with E-state index in [1.165, 1.54) is 0 Å². The first-order chi connectivity index (χ1) is 17.1. The Bertz CT molecular complexity index is 1520. The van der Waals surface area contributed by atoms with Crippen molar-refractivity contribution in [3.05, 3.63) is 120 Å². The lowest BCUT2D eigenvalue weighted by Crippen LogP contribution is -2.47. The molecule has 3 N–H and O–H groups in total. The van der Waals surface area contributed by atoms with Gasteiger partial charge in [-0.2, -0.15) is 0 Å². The third kappa shape index (κ3) is 3.55. The summed E-state index contributed by atoms with van der Waals surface area (Å²) in [6, 6.07) is 33.4. The molecular weight excluding hydrogens is 432 g/mol. The van der Waals surface area contributed by atoms with Gasteiger partial charge >= 0.3 is 0 Å². The molecule has 0 aliphatic heterocycles. The van der Waals surface area contributed by atoms with E-state index in [1.54, 1.807) is 0 Å². The minimum absolute atomic E-state index is 0.212.